The Bertz CT molecular complexity index is 446. The molecule has 0 aliphatic rings. The molecule has 0 spiro atoms. The number of anilines is 1. The maximum absolute atomic E-state index is 11.5. The largest absolute Gasteiger partial charge is 0.384 e. The molecule has 1 N–H and O–H groups in total. The maximum Gasteiger partial charge on any atom is 0.235 e. The Morgan fingerprint density at radius 1 is 1.38 bits per heavy atom. The van der Waals surface area contributed by atoms with Crippen LogP contribution in [0, 0.1) is 0 Å². The van der Waals surface area contributed by atoms with Crippen LogP contribution in [0.15, 0.2) is 6.33 Å². The third-order valence-electron chi connectivity index (χ3n) is 1.57. The Kier molecular flexibility index (Phi) is 4.72. The van der Waals surface area contributed by atoms with Gasteiger partial charge in [-0.2, -0.15) is 0 Å². The van der Waals surface area contributed by atoms with Crippen molar-refractivity contribution in [2.75, 3.05) is 24.2 Å². The Morgan fingerprint density at radius 3 is 2.44 bits per heavy atom. The van der Waals surface area contributed by atoms with Crippen LogP contribution in [0.2, 0.25) is 10.3 Å². The molecule has 0 atom stereocenters. The van der Waals surface area contributed by atoms with E-state index in [0.717, 1.165) is 6.33 Å². The van der Waals surface area contributed by atoms with E-state index in [4.69, 9.17) is 23.2 Å². The molecule has 0 bridgehead atoms. The first kappa shape index (κ1) is 13.4. The molecule has 6 nitrogen and oxygen atoms in total. The molecule has 0 unspecified atom stereocenters. The van der Waals surface area contributed by atoms with Crippen LogP contribution in [-0.4, -0.2) is 37.9 Å². The van der Waals surface area contributed by atoms with Crippen molar-refractivity contribution in [2.45, 2.75) is 0 Å². The summed E-state index contributed by atoms with van der Waals surface area (Å²) in [6, 6.07) is 0. The van der Waals surface area contributed by atoms with Gasteiger partial charge in [-0.1, -0.05) is 23.2 Å². The highest BCUT2D eigenvalue weighted by Gasteiger charge is 2.16. The van der Waals surface area contributed by atoms with Crippen LogP contribution < -0.4 is 4.72 Å². The van der Waals surface area contributed by atoms with E-state index in [1.807, 2.05) is 0 Å². The Hall–Kier alpha value is -0.630. The third kappa shape index (κ3) is 3.75. The van der Waals surface area contributed by atoms with Gasteiger partial charge in [-0.05, 0) is 0 Å². The first-order chi connectivity index (χ1) is 7.46. The number of aromatic nitrogens is 2. The van der Waals surface area contributed by atoms with Crippen molar-refractivity contribution in [1.82, 2.24) is 9.97 Å². The zero-order valence-corrected chi connectivity index (χ0v) is 10.6. The number of halogens is 2. The van der Waals surface area contributed by atoms with E-state index in [-0.39, 0.29) is 28.4 Å². The van der Waals surface area contributed by atoms with E-state index in [2.05, 4.69) is 19.4 Å². The fourth-order valence-electron chi connectivity index (χ4n) is 0.828. The van der Waals surface area contributed by atoms with Crippen molar-refractivity contribution in [3.8, 4) is 0 Å². The molecule has 0 aromatic carbocycles. The number of ether oxygens (including phenoxy) is 1. The molecular formula is C7H9Cl2N3O3S. The van der Waals surface area contributed by atoms with Gasteiger partial charge in [0.25, 0.3) is 0 Å². The molecule has 0 radical (unpaired) electrons. The summed E-state index contributed by atoms with van der Waals surface area (Å²) in [7, 11) is -2.16. The summed E-state index contributed by atoms with van der Waals surface area (Å²) >= 11 is 11.4. The molecule has 0 aliphatic heterocycles. The minimum atomic E-state index is -3.57. The number of rotatable bonds is 5. The van der Waals surface area contributed by atoms with E-state index in [9.17, 15) is 8.42 Å². The number of nitrogens with zero attached hydrogens (tertiary/aromatic N) is 2. The van der Waals surface area contributed by atoms with Crippen molar-refractivity contribution < 1.29 is 13.2 Å². The molecule has 0 amide bonds. The summed E-state index contributed by atoms with van der Waals surface area (Å²) < 4.78 is 29.9. The van der Waals surface area contributed by atoms with Gasteiger partial charge in [-0.3, -0.25) is 4.72 Å². The molecule has 1 rings (SSSR count). The lowest BCUT2D eigenvalue weighted by atomic mass is 10.6. The summed E-state index contributed by atoms with van der Waals surface area (Å²) in [5.74, 6) is -0.203. The summed E-state index contributed by atoms with van der Waals surface area (Å²) in [6.45, 7) is 0.0677. The Labute approximate surface area is 103 Å². The predicted octanol–water partition coefficient (Wildman–Crippen LogP) is 1.17. The molecule has 90 valence electrons. The van der Waals surface area contributed by atoms with Crippen LogP contribution in [-0.2, 0) is 14.8 Å². The smallest absolute Gasteiger partial charge is 0.235 e. The van der Waals surface area contributed by atoms with Crippen molar-refractivity contribution in [2.24, 2.45) is 0 Å². The third-order valence-corrected chi connectivity index (χ3v) is 3.36. The summed E-state index contributed by atoms with van der Waals surface area (Å²) in [5, 5.41) is -0.109. The number of sulfonamides is 1. The molecule has 9 heteroatoms. The normalized spacial score (nSPS) is 11.4. The number of hydrogen-bond donors (Lipinski definition) is 1. The van der Waals surface area contributed by atoms with Crippen LogP contribution in [0.4, 0.5) is 5.69 Å². The second-order valence-electron chi connectivity index (χ2n) is 2.74. The van der Waals surface area contributed by atoms with Crippen molar-refractivity contribution in [3.63, 3.8) is 0 Å². The van der Waals surface area contributed by atoms with Crippen molar-refractivity contribution >= 4 is 38.9 Å². The monoisotopic (exact) mass is 285 g/mol. The number of methoxy groups -OCH3 is 1. The van der Waals surface area contributed by atoms with E-state index < -0.39 is 10.0 Å². The maximum atomic E-state index is 11.5. The molecule has 16 heavy (non-hydrogen) atoms. The number of hydrogen-bond acceptors (Lipinski definition) is 5. The lowest BCUT2D eigenvalue weighted by Crippen LogP contribution is -2.20. The highest BCUT2D eigenvalue weighted by atomic mass is 35.5. The Balaban J connectivity index is 2.88. The molecule has 0 saturated heterocycles. The van der Waals surface area contributed by atoms with Gasteiger partial charge in [-0.25, -0.2) is 18.4 Å². The first-order valence-corrected chi connectivity index (χ1v) is 6.52. The second kappa shape index (κ2) is 5.62. The predicted molar refractivity (Wildman–Crippen MR) is 61.3 cm³/mol. The van der Waals surface area contributed by atoms with Crippen LogP contribution in [0.25, 0.3) is 0 Å². The topological polar surface area (TPSA) is 81.2 Å². The van der Waals surface area contributed by atoms with Crippen LogP contribution in [0.5, 0.6) is 0 Å². The number of nitrogens with one attached hydrogen (secondary N) is 1. The van der Waals surface area contributed by atoms with Crippen molar-refractivity contribution in [3.05, 3.63) is 16.6 Å². The van der Waals surface area contributed by atoms with E-state index >= 15 is 0 Å². The summed E-state index contributed by atoms with van der Waals surface area (Å²) in [6.07, 6.45) is 1.14. The molecular weight excluding hydrogens is 277 g/mol. The summed E-state index contributed by atoms with van der Waals surface area (Å²) in [4.78, 5) is 7.23. The van der Waals surface area contributed by atoms with Gasteiger partial charge in [0.2, 0.25) is 10.0 Å². The van der Waals surface area contributed by atoms with E-state index in [1.165, 1.54) is 7.11 Å². The van der Waals surface area contributed by atoms with E-state index in [0.29, 0.717) is 0 Å². The second-order valence-corrected chi connectivity index (χ2v) is 5.30. The zero-order valence-electron chi connectivity index (χ0n) is 8.27. The molecule has 1 aromatic rings. The highest BCUT2D eigenvalue weighted by molar-refractivity contribution is 7.92. The van der Waals surface area contributed by atoms with Gasteiger partial charge in [-0.15, -0.1) is 0 Å². The minimum absolute atomic E-state index is 0.0260. The molecule has 1 heterocycles. The standard InChI is InChI=1S/C7H9Cl2N3O3S/c1-15-2-3-16(13,14)12-5-6(8)10-4-11-7(5)9/h4,12H,2-3H2,1H3. The van der Waals surface area contributed by atoms with Crippen molar-refractivity contribution in [1.29, 1.82) is 0 Å². The van der Waals surface area contributed by atoms with Crippen LogP contribution in [0.1, 0.15) is 0 Å². The Morgan fingerprint density at radius 2 is 1.94 bits per heavy atom. The van der Waals surface area contributed by atoms with Gasteiger partial charge in [0.1, 0.15) is 12.0 Å². The molecule has 0 fully saturated rings. The van der Waals surface area contributed by atoms with Gasteiger partial charge >= 0.3 is 0 Å². The summed E-state index contributed by atoms with van der Waals surface area (Å²) in [5.41, 5.74) is -0.0260. The van der Waals surface area contributed by atoms with Crippen LogP contribution >= 0.6 is 23.2 Å². The first-order valence-electron chi connectivity index (χ1n) is 4.11. The fraction of sp³-hybridized carbons (Fsp3) is 0.429. The van der Waals surface area contributed by atoms with Gasteiger partial charge in [0.15, 0.2) is 10.3 Å². The quantitative estimate of drug-likeness (QED) is 0.822. The van der Waals surface area contributed by atoms with Gasteiger partial charge in [0.05, 0.1) is 12.4 Å². The van der Waals surface area contributed by atoms with Gasteiger partial charge in [0, 0.05) is 7.11 Å². The average molecular weight is 286 g/mol. The lowest BCUT2D eigenvalue weighted by Gasteiger charge is -2.09. The molecule has 1 aromatic heterocycles. The lowest BCUT2D eigenvalue weighted by molar-refractivity contribution is 0.217. The SMILES string of the molecule is COCCS(=O)(=O)Nc1c(Cl)ncnc1Cl. The highest BCUT2D eigenvalue weighted by Crippen LogP contribution is 2.26. The van der Waals surface area contributed by atoms with Gasteiger partial charge < -0.3 is 4.74 Å². The average Bonchev–Trinajstić information content (AvgIpc) is 2.21. The minimum Gasteiger partial charge on any atom is -0.384 e. The fourth-order valence-corrected chi connectivity index (χ4v) is 2.34. The molecule has 0 saturated carbocycles. The zero-order chi connectivity index (χ0) is 12.2. The van der Waals surface area contributed by atoms with E-state index in [1.54, 1.807) is 0 Å². The molecule has 0 aliphatic carbocycles. The van der Waals surface area contributed by atoms with Crippen LogP contribution in [0.3, 0.4) is 0 Å².